The molecule has 1 aromatic rings. The maximum absolute atomic E-state index is 13.0. The van der Waals surface area contributed by atoms with Crippen molar-refractivity contribution in [3.63, 3.8) is 0 Å². The average molecular weight is 426 g/mol. The molecule has 1 aromatic carbocycles. The maximum Gasteiger partial charge on any atom is 0.243 e. The zero-order valence-electron chi connectivity index (χ0n) is 17.2. The van der Waals surface area contributed by atoms with Crippen molar-refractivity contribution in [3.8, 4) is 11.5 Å². The molecular weight excluding hydrogens is 394 g/mol. The number of sulfonamides is 1. The van der Waals surface area contributed by atoms with Gasteiger partial charge >= 0.3 is 0 Å². The first kappa shape index (κ1) is 21.9. The summed E-state index contributed by atoms with van der Waals surface area (Å²) in [5.41, 5.74) is 0. The highest BCUT2D eigenvalue weighted by molar-refractivity contribution is 7.89. The lowest BCUT2D eigenvalue weighted by atomic mass is 10.2. The van der Waals surface area contributed by atoms with Gasteiger partial charge in [0.1, 0.15) is 0 Å². The van der Waals surface area contributed by atoms with E-state index in [9.17, 15) is 13.2 Å². The summed E-state index contributed by atoms with van der Waals surface area (Å²) in [6, 6.07) is 4.93. The van der Waals surface area contributed by atoms with Gasteiger partial charge in [-0.15, -0.1) is 0 Å². The molecule has 2 aliphatic heterocycles. The van der Waals surface area contributed by atoms with Crippen molar-refractivity contribution < 1.29 is 22.7 Å². The predicted octanol–water partition coefficient (Wildman–Crippen LogP) is 1.46. The third-order valence-corrected chi connectivity index (χ3v) is 7.08. The van der Waals surface area contributed by atoms with Crippen LogP contribution in [0.4, 0.5) is 0 Å². The number of fused-ring (bicyclic) bond motifs is 1. The predicted molar refractivity (Wildman–Crippen MR) is 110 cm³/mol. The first-order valence-electron chi connectivity index (χ1n) is 10.3. The van der Waals surface area contributed by atoms with Crippen LogP contribution in [0.2, 0.25) is 0 Å². The number of piperazine rings is 1. The van der Waals surface area contributed by atoms with Crippen LogP contribution in [0, 0.1) is 0 Å². The molecule has 1 fully saturated rings. The monoisotopic (exact) mass is 425 g/mol. The third kappa shape index (κ3) is 5.61. The van der Waals surface area contributed by atoms with Crippen LogP contribution >= 0.6 is 0 Å². The fourth-order valence-electron chi connectivity index (χ4n) is 3.61. The lowest BCUT2D eigenvalue weighted by Gasteiger charge is -2.33. The van der Waals surface area contributed by atoms with E-state index in [-0.39, 0.29) is 16.8 Å². The molecule has 0 radical (unpaired) electrons. The minimum Gasteiger partial charge on any atom is -0.490 e. The van der Waals surface area contributed by atoms with Crippen LogP contribution in [-0.2, 0) is 14.8 Å². The molecule has 1 unspecified atom stereocenters. The number of carbonyl (C=O) groups excluding carboxylic acids is 1. The summed E-state index contributed by atoms with van der Waals surface area (Å²) in [5.74, 6) is 1.04. The molecule has 0 aliphatic carbocycles. The van der Waals surface area contributed by atoms with Crippen molar-refractivity contribution in [2.24, 2.45) is 0 Å². The van der Waals surface area contributed by atoms with Gasteiger partial charge in [-0.3, -0.25) is 9.69 Å². The first-order valence-corrected chi connectivity index (χ1v) is 11.8. The second kappa shape index (κ2) is 9.77. The average Bonchev–Trinajstić information content (AvgIpc) is 2.93. The van der Waals surface area contributed by atoms with Gasteiger partial charge in [0.25, 0.3) is 0 Å². The Morgan fingerprint density at radius 1 is 1.14 bits per heavy atom. The number of nitrogens with zero attached hydrogens (tertiary/aromatic N) is 2. The number of rotatable bonds is 7. The summed E-state index contributed by atoms with van der Waals surface area (Å²) >= 11 is 0. The molecule has 8 nitrogen and oxygen atoms in total. The molecule has 9 heteroatoms. The van der Waals surface area contributed by atoms with Crippen molar-refractivity contribution in [2.45, 2.75) is 44.0 Å². The minimum absolute atomic E-state index is 0.00911. The van der Waals surface area contributed by atoms with E-state index in [2.05, 4.69) is 12.2 Å². The quantitative estimate of drug-likeness (QED) is 0.712. The third-order valence-electron chi connectivity index (χ3n) is 5.18. The van der Waals surface area contributed by atoms with Crippen LogP contribution in [0.25, 0.3) is 0 Å². The number of nitrogens with one attached hydrogen (secondary N) is 1. The van der Waals surface area contributed by atoms with Gasteiger partial charge in [-0.1, -0.05) is 13.3 Å². The second-order valence-corrected chi connectivity index (χ2v) is 9.53. The molecule has 162 valence electrons. The molecule has 29 heavy (non-hydrogen) atoms. The molecule has 3 rings (SSSR count). The smallest absolute Gasteiger partial charge is 0.243 e. The van der Waals surface area contributed by atoms with Crippen molar-refractivity contribution in [2.75, 3.05) is 45.9 Å². The van der Waals surface area contributed by atoms with E-state index in [1.807, 2.05) is 11.8 Å². The molecule has 0 saturated carbocycles. The summed E-state index contributed by atoms with van der Waals surface area (Å²) in [6.45, 7) is 7.22. The number of hydrogen-bond donors (Lipinski definition) is 1. The second-order valence-electron chi connectivity index (χ2n) is 7.60. The van der Waals surface area contributed by atoms with Crippen molar-refractivity contribution in [1.82, 2.24) is 14.5 Å². The Balaban J connectivity index is 1.57. The molecule has 0 aromatic heterocycles. The fraction of sp³-hybridized carbons (Fsp3) is 0.650. The SMILES string of the molecule is CCCC(C)NC(=O)CN1CCN(S(=O)(=O)c2ccc3c(c2)OCCCO3)CC1. The summed E-state index contributed by atoms with van der Waals surface area (Å²) < 4.78 is 38.7. The molecule has 1 N–H and O–H groups in total. The normalized spacial score (nSPS) is 19.4. The topological polar surface area (TPSA) is 88.2 Å². The van der Waals surface area contributed by atoms with Gasteiger partial charge in [0.15, 0.2) is 11.5 Å². The Hall–Kier alpha value is -1.84. The molecular formula is C20H31N3O5S. The molecule has 1 saturated heterocycles. The number of benzene rings is 1. The highest BCUT2D eigenvalue weighted by Crippen LogP contribution is 2.33. The zero-order valence-corrected chi connectivity index (χ0v) is 18.0. The lowest BCUT2D eigenvalue weighted by Crippen LogP contribution is -2.51. The minimum atomic E-state index is -3.62. The van der Waals surface area contributed by atoms with Gasteiger partial charge in [-0.2, -0.15) is 4.31 Å². The number of hydrogen-bond acceptors (Lipinski definition) is 6. The van der Waals surface area contributed by atoms with Gasteiger partial charge in [-0.05, 0) is 25.5 Å². The summed E-state index contributed by atoms with van der Waals surface area (Å²) in [5, 5.41) is 2.99. The number of amides is 1. The molecule has 0 bridgehead atoms. The molecule has 2 aliphatic rings. The first-order chi connectivity index (χ1) is 13.9. The Kier molecular flexibility index (Phi) is 7.37. The maximum atomic E-state index is 13.0. The standard InChI is InChI=1S/C20H31N3O5S/c1-3-5-16(2)21-20(24)15-22-8-10-23(11-9-22)29(25,26)17-6-7-18-19(14-17)28-13-4-12-27-18/h6-7,14,16H,3-5,8-13,15H2,1-2H3,(H,21,24). The van der Waals surface area contributed by atoms with E-state index < -0.39 is 10.0 Å². The van der Waals surface area contributed by atoms with Gasteiger partial charge in [0, 0.05) is 44.7 Å². The highest BCUT2D eigenvalue weighted by atomic mass is 32.2. The molecule has 1 amide bonds. The largest absolute Gasteiger partial charge is 0.490 e. The molecule has 0 spiro atoms. The summed E-state index contributed by atoms with van der Waals surface area (Å²) in [4.78, 5) is 14.4. The van der Waals surface area contributed by atoms with Crippen LogP contribution in [0.5, 0.6) is 11.5 Å². The summed E-state index contributed by atoms with van der Waals surface area (Å²) in [7, 11) is -3.62. The highest BCUT2D eigenvalue weighted by Gasteiger charge is 2.30. The molecule has 1 atom stereocenters. The van der Waals surface area contributed by atoms with Gasteiger partial charge in [0.2, 0.25) is 15.9 Å². The van der Waals surface area contributed by atoms with Crippen molar-refractivity contribution in [1.29, 1.82) is 0 Å². The Morgan fingerprint density at radius 2 is 1.83 bits per heavy atom. The van der Waals surface area contributed by atoms with E-state index in [1.165, 1.54) is 4.31 Å². The van der Waals surface area contributed by atoms with Crippen LogP contribution in [0.3, 0.4) is 0 Å². The number of carbonyl (C=O) groups is 1. The van der Waals surface area contributed by atoms with Gasteiger partial charge in [0.05, 0.1) is 24.7 Å². The van der Waals surface area contributed by atoms with Crippen LogP contribution in [-0.4, -0.2) is 75.5 Å². The van der Waals surface area contributed by atoms with Crippen LogP contribution in [0.15, 0.2) is 23.1 Å². The van der Waals surface area contributed by atoms with E-state index >= 15 is 0 Å². The van der Waals surface area contributed by atoms with E-state index in [1.54, 1.807) is 18.2 Å². The number of ether oxygens (including phenoxy) is 2. The van der Waals surface area contributed by atoms with Crippen LogP contribution < -0.4 is 14.8 Å². The lowest BCUT2D eigenvalue weighted by molar-refractivity contribution is -0.123. The van der Waals surface area contributed by atoms with Crippen LogP contribution in [0.1, 0.15) is 33.1 Å². The van der Waals surface area contributed by atoms with Gasteiger partial charge < -0.3 is 14.8 Å². The summed E-state index contributed by atoms with van der Waals surface area (Å²) in [6.07, 6.45) is 2.74. The molecule has 2 heterocycles. The zero-order chi connectivity index (χ0) is 20.9. The van der Waals surface area contributed by atoms with Crippen molar-refractivity contribution in [3.05, 3.63) is 18.2 Å². The fourth-order valence-corrected chi connectivity index (χ4v) is 5.05. The Bertz CT molecular complexity index is 806. The van der Waals surface area contributed by atoms with E-state index in [4.69, 9.17) is 9.47 Å². The Labute approximate surface area is 173 Å². The van der Waals surface area contributed by atoms with E-state index in [0.717, 1.165) is 19.3 Å². The van der Waals surface area contributed by atoms with Gasteiger partial charge in [-0.25, -0.2) is 8.42 Å². The Morgan fingerprint density at radius 3 is 2.52 bits per heavy atom. The van der Waals surface area contributed by atoms with Crippen molar-refractivity contribution >= 4 is 15.9 Å². The van der Waals surface area contributed by atoms with E-state index in [0.29, 0.717) is 57.4 Å².